The maximum atomic E-state index is 10.6. The molecule has 1 N–H and O–H groups in total. The topological polar surface area (TPSA) is 49.9 Å². The van der Waals surface area contributed by atoms with Gasteiger partial charge in [0.25, 0.3) is 0 Å². The van der Waals surface area contributed by atoms with E-state index in [-0.39, 0.29) is 5.88 Å². The normalized spacial score (nSPS) is 15.3. The Morgan fingerprint density at radius 1 is 1.19 bits per heavy atom. The van der Waals surface area contributed by atoms with Crippen molar-refractivity contribution in [2.45, 2.75) is 11.8 Å². The van der Waals surface area contributed by atoms with Gasteiger partial charge in [-0.3, -0.25) is 9.56 Å². The van der Waals surface area contributed by atoms with Gasteiger partial charge in [-0.2, -0.15) is 0 Å². The highest BCUT2D eigenvalue weighted by atomic mass is 32.2. The minimum absolute atomic E-state index is 0.212. The lowest BCUT2D eigenvalue weighted by atomic mass is 10.0. The number of rotatable bonds is 3. The summed E-state index contributed by atoms with van der Waals surface area (Å²) in [5, 5.41) is 10.6. The number of thioether (sulfide) groups is 1. The summed E-state index contributed by atoms with van der Waals surface area (Å²) < 4.78 is 1.72. The second kappa shape index (κ2) is 7.21. The summed E-state index contributed by atoms with van der Waals surface area (Å²) >= 11 is 3.15. The van der Waals surface area contributed by atoms with Gasteiger partial charge in [0, 0.05) is 28.8 Å². The summed E-state index contributed by atoms with van der Waals surface area (Å²) in [4.78, 5) is 12.0. The van der Waals surface area contributed by atoms with Crippen molar-refractivity contribution < 1.29 is 5.11 Å². The van der Waals surface area contributed by atoms with Crippen molar-refractivity contribution in [2.24, 2.45) is 17.0 Å². The first-order valence-corrected chi connectivity index (χ1v) is 10.6. The number of nitrogens with zero attached hydrogens (tertiary/aromatic N) is 3. The van der Waals surface area contributed by atoms with Gasteiger partial charge in [-0.25, -0.2) is 4.99 Å². The molecule has 27 heavy (non-hydrogen) atoms. The van der Waals surface area contributed by atoms with Gasteiger partial charge in [-0.15, -0.1) is 11.8 Å². The first kappa shape index (κ1) is 17.8. The number of aromatic hydroxyl groups is 1. The first-order chi connectivity index (χ1) is 13.1. The fourth-order valence-electron chi connectivity index (χ4n) is 3.00. The van der Waals surface area contributed by atoms with E-state index in [9.17, 15) is 5.11 Å². The second-order valence-electron chi connectivity index (χ2n) is 6.22. The van der Waals surface area contributed by atoms with Gasteiger partial charge in [-0.1, -0.05) is 35.6 Å². The summed E-state index contributed by atoms with van der Waals surface area (Å²) in [5.74, 6) is 0.212. The third-order valence-electron chi connectivity index (χ3n) is 4.45. The third kappa shape index (κ3) is 3.38. The van der Waals surface area contributed by atoms with Crippen LogP contribution in [0.1, 0.15) is 17.4 Å². The summed E-state index contributed by atoms with van der Waals surface area (Å²) in [6.07, 6.45) is 4.05. The fourth-order valence-corrected chi connectivity index (χ4v) is 4.43. The Hall–Kier alpha value is -2.57. The number of allylic oxidation sites excluding steroid dienone is 1. The Morgan fingerprint density at radius 2 is 2.00 bits per heavy atom. The molecule has 6 heteroatoms. The number of aromatic nitrogens is 1. The molecule has 0 aliphatic carbocycles. The molecule has 3 aromatic rings. The zero-order chi connectivity index (χ0) is 19.0. The minimum Gasteiger partial charge on any atom is -0.493 e. The lowest BCUT2D eigenvalue weighted by molar-refractivity contribution is 0.427. The van der Waals surface area contributed by atoms with Crippen LogP contribution in [0.15, 0.2) is 63.4 Å². The highest BCUT2D eigenvalue weighted by molar-refractivity contribution is 7.98. The monoisotopic (exact) mass is 393 g/mol. The highest BCUT2D eigenvalue weighted by Crippen LogP contribution is 2.37. The summed E-state index contributed by atoms with van der Waals surface area (Å²) in [5.41, 5.74) is 4.94. The number of para-hydroxylation sites is 1. The molecular weight excluding hydrogens is 374 g/mol. The van der Waals surface area contributed by atoms with E-state index < -0.39 is 0 Å². The van der Waals surface area contributed by atoms with Crippen molar-refractivity contribution in [1.82, 2.24) is 4.57 Å². The van der Waals surface area contributed by atoms with E-state index >= 15 is 0 Å². The average molecular weight is 394 g/mol. The molecule has 2 aromatic carbocycles. The van der Waals surface area contributed by atoms with E-state index in [1.54, 1.807) is 16.3 Å². The number of hydrogen-bond acceptors (Lipinski definition) is 5. The molecular formula is C21H19N3OS2. The van der Waals surface area contributed by atoms with Crippen molar-refractivity contribution in [3.63, 3.8) is 0 Å². The number of aliphatic imine (C=N–C) groups is 1. The molecule has 0 bridgehead atoms. The van der Waals surface area contributed by atoms with Crippen LogP contribution in [0.3, 0.4) is 0 Å². The van der Waals surface area contributed by atoms with E-state index in [0.29, 0.717) is 0 Å². The summed E-state index contributed by atoms with van der Waals surface area (Å²) in [7, 11) is 1.83. The van der Waals surface area contributed by atoms with Gasteiger partial charge in [0.15, 0.2) is 4.80 Å². The van der Waals surface area contributed by atoms with Gasteiger partial charge in [0.1, 0.15) is 0 Å². The molecule has 0 amide bonds. The molecule has 0 unspecified atom stereocenters. The van der Waals surface area contributed by atoms with Crippen LogP contribution in [0, 0.1) is 0 Å². The lowest BCUT2D eigenvalue weighted by Crippen LogP contribution is -2.08. The standard InChI is InChI=1S/C21H19N3OS2/c1-13-17(16-9-4-5-10-18(16)22-13)12-19-20(25)24(2)21(27-19)23-14-7-6-8-15(11-14)26-3/h4-12,25H,1-3H3/b17-12-,23-21?. The van der Waals surface area contributed by atoms with Crippen LogP contribution in [0.2, 0.25) is 0 Å². The molecule has 1 aliphatic rings. The van der Waals surface area contributed by atoms with Crippen LogP contribution in [0.5, 0.6) is 5.88 Å². The predicted octanol–water partition coefficient (Wildman–Crippen LogP) is 5.39. The van der Waals surface area contributed by atoms with E-state index in [0.717, 1.165) is 42.8 Å². The van der Waals surface area contributed by atoms with Gasteiger partial charge < -0.3 is 5.11 Å². The molecule has 0 fully saturated rings. The molecule has 2 heterocycles. The predicted molar refractivity (Wildman–Crippen MR) is 115 cm³/mol. The molecule has 0 saturated carbocycles. The number of thiazole rings is 1. The number of benzene rings is 2. The molecule has 0 atom stereocenters. The number of hydrogen-bond donors (Lipinski definition) is 1. The largest absolute Gasteiger partial charge is 0.493 e. The van der Waals surface area contributed by atoms with E-state index in [1.165, 1.54) is 11.3 Å². The van der Waals surface area contributed by atoms with Crippen molar-refractivity contribution >= 4 is 51.8 Å². The summed E-state index contributed by atoms with van der Waals surface area (Å²) in [6, 6.07) is 16.1. The van der Waals surface area contributed by atoms with Crippen molar-refractivity contribution in [3.8, 4) is 5.88 Å². The summed E-state index contributed by atoms with van der Waals surface area (Å²) in [6.45, 7) is 2.00. The van der Waals surface area contributed by atoms with Crippen LogP contribution in [-0.2, 0) is 7.05 Å². The molecule has 1 aliphatic heterocycles. The van der Waals surface area contributed by atoms with Gasteiger partial charge in [0.05, 0.1) is 16.3 Å². The van der Waals surface area contributed by atoms with Gasteiger partial charge in [-0.05, 0) is 43.5 Å². The van der Waals surface area contributed by atoms with E-state index in [4.69, 9.17) is 4.99 Å². The second-order valence-corrected chi connectivity index (χ2v) is 8.11. The maximum absolute atomic E-state index is 10.6. The van der Waals surface area contributed by atoms with Crippen LogP contribution in [0.25, 0.3) is 11.6 Å². The Morgan fingerprint density at radius 3 is 2.81 bits per heavy atom. The quantitative estimate of drug-likeness (QED) is 0.606. The van der Waals surface area contributed by atoms with E-state index in [2.05, 4.69) is 17.1 Å². The molecule has 1 aromatic heterocycles. The van der Waals surface area contributed by atoms with Crippen molar-refractivity contribution in [2.75, 3.05) is 6.26 Å². The van der Waals surface area contributed by atoms with Crippen molar-refractivity contribution in [1.29, 1.82) is 0 Å². The van der Waals surface area contributed by atoms with E-state index in [1.807, 2.05) is 62.7 Å². The fraction of sp³-hybridized carbons (Fsp3) is 0.143. The minimum atomic E-state index is 0.212. The Balaban J connectivity index is 1.80. The smallest absolute Gasteiger partial charge is 0.210 e. The van der Waals surface area contributed by atoms with Crippen LogP contribution in [-0.4, -0.2) is 21.6 Å². The molecule has 4 nitrogen and oxygen atoms in total. The maximum Gasteiger partial charge on any atom is 0.210 e. The highest BCUT2D eigenvalue weighted by Gasteiger charge is 2.18. The average Bonchev–Trinajstić information content (AvgIpc) is 3.13. The van der Waals surface area contributed by atoms with Crippen LogP contribution in [0.4, 0.5) is 11.4 Å². The van der Waals surface area contributed by atoms with Gasteiger partial charge >= 0.3 is 0 Å². The van der Waals surface area contributed by atoms with Crippen LogP contribution >= 0.6 is 23.1 Å². The van der Waals surface area contributed by atoms with Crippen molar-refractivity contribution in [3.05, 3.63) is 63.8 Å². The lowest BCUT2D eigenvalue weighted by Gasteiger charge is -2.01. The molecule has 0 radical (unpaired) electrons. The number of fused-ring (bicyclic) bond motifs is 1. The Bertz CT molecular complexity index is 1150. The zero-order valence-electron chi connectivity index (χ0n) is 15.3. The molecule has 0 spiro atoms. The van der Waals surface area contributed by atoms with Crippen LogP contribution < -0.4 is 4.80 Å². The zero-order valence-corrected chi connectivity index (χ0v) is 16.9. The first-order valence-electron chi connectivity index (χ1n) is 8.51. The third-order valence-corrected chi connectivity index (χ3v) is 6.25. The molecule has 136 valence electrons. The Kier molecular flexibility index (Phi) is 4.76. The van der Waals surface area contributed by atoms with Gasteiger partial charge in [0.2, 0.25) is 5.88 Å². The molecule has 4 rings (SSSR count). The SMILES string of the molecule is CSc1cccc(N=c2sc(/C=C3/C(C)=Nc4ccccc43)c(O)n2C)c1. The Labute approximate surface area is 166 Å². The molecule has 0 saturated heterocycles.